The van der Waals surface area contributed by atoms with Crippen molar-refractivity contribution in [3.63, 3.8) is 0 Å². The smallest absolute Gasteiger partial charge is 0.252 e. The van der Waals surface area contributed by atoms with Crippen LogP contribution in [0.4, 0.5) is 5.13 Å². The molecular weight excluding hydrogens is 497 g/mol. The molecule has 3 aromatic rings. The van der Waals surface area contributed by atoms with Crippen molar-refractivity contribution in [1.29, 1.82) is 0 Å². The number of amides is 1. The Hall–Kier alpha value is -1.49. The van der Waals surface area contributed by atoms with E-state index in [1.165, 1.54) is 27.0 Å². The third kappa shape index (κ3) is 5.30. The van der Waals surface area contributed by atoms with Crippen molar-refractivity contribution in [3.05, 3.63) is 62.4 Å². The van der Waals surface area contributed by atoms with Gasteiger partial charge in [0, 0.05) is 46.5 Å². The van der Waals surface area contributed by atoms with Gasteiger partial charge in [-0.25, -0.2) is 13.4 Å². The van der Waals surface area contributed by atoms with Crippen LogP contribution in [0.25, 0.3) is 0 Å². The first-order valence-corrected chi connectivity index (χ1v) is 13.5. The van der Waals surface area contributed by atoms with Crippen LogP contribution in [0.15, 0.2) is 46.1 Å². The van der Waals surface area contributed by atoms with Crippen LogP contribution < -0.4 is 5.32 Å². The normalized spacial score (nSPS) is 15.8. The maximum atomic E-state index is 12.7. The van der Waals surface area contributed by atoms with E-state index in [-0.39, 0.29) is 11.8 Å². The fourth-order valence-electron chi connectivity index (χ4n) is 3.42. The number of piperidine rings is 1. The van der Waals surface area contributed by atoms with Gasteiger partial charge in [-0.2, -0.15) is 4.31 Å². The SMILES string of the molecule is O=C(Nc1ncc(Cc2cc(Cl)ccc2Cl)s1)C1CCN(S(=O)(=O)c2cccs2)CC1. The summed E-state index contributed by atoms with van der Waals surface area (Å²) in [5.74, 6) is -0.376. The summed E-state index contributed by atoms with van der Waals surface area (Å²) in [6, 6.07) is 8.65. The third-order valence-corrected chi connectivity index (χ3v) is 9.86. The molecule has 0 aliphatic carbocycles. The highest BCUT2D eigenvalue weighted by Crippen LogP contribution is 2.29. The number of halogens is 2. The summed E-state index contributed by atoms with van der Waals surface area (Å²) in [6.45, 7) is 0.656. The number of aromatic nitrogens is 1. The van der Waals surface area contributed by atoms with E-state index >= 15 is 0 Å². The molecule has 1 aromatic carbocycles. The van der Waals surface area contributed by atoms with Gasteiger partial charge < -0.3 is 5.32 Å². The van der Waals surface area contributed by atoms with Gasteiger partial charge in [-0.1, -0.05) is 29.3 Å². The Balaban J connectivity index is 1.33. The molecule has 0 bridgehead atoms. The van der Waals surface area contributed by atoms with Gasteiger partial charge in [-0.3, -0.25) is 4.79 Å². The molecule has 0 radical (unpaired) electrons. The summed E-state index contributed by atoms with van der Waals surface area (Å²) >= 11 is 14.9. The Morgan fingerprint density at radius 1 is 1.23 bits per heavy atom. The fourth-order valence-corrected chi connectivity index (χ4v) is 7.25. The van der Waals surface area contributed by atoms with Gasteiger partial charge in [0.1, 0.15) is 4.21 Å². The lowest BCUT2D eigenvalue weighted by atomic mass is 9.97. The van der Waals surface area contributed by atoms with Crippen molar-refractivity contribution < 1.29 is 13.2 Å². The number of nitrogens with one attached hydrogen (secondary N) is 1. The maximum Gasteiger partial charge on any atom is 0.252 e. The first-order chi connectivity index (χ1) is 14.8. The second-order valence-electron chi connectivity index (χ2n) is 7.14. The molecule has 164 valence electrons. The summed E-state index contributed by atoms with van der Waals surface area (Å²) in [5.41, 5.74) is 0.898. The molecule has 4 rings (SSSR count). The predicted octanol–water partition coefficient (Wildman–Crippen LogP) is 5.14. The Morgan fingerprint density at radius 3 is 2.71 bits per heavy atom. The van der Waals surface area contributed by atoms with Gasteiger partial charge in [0.25, 0.3) is 10.0 Å². The number of carbonyl (C=O) groups is 1. The van der Waals surface area contributed by atoms with Crippen molar-refractivity contribution in [2.45, 2.75) is 23.5 Å². The topological polar surface area (TPSA) is 79.4 Å². The van der Waals surface area contributed by atoms with Crippen LogP contribution in [0.1, 0.15) is 23.3 Å². The summed E-state index contributed by atoms with van der Waals surface area (Å²) < 4.78 is 27.0. The molecule has 0 atom stereocenters. The zero-order valence-electron chi connectivity index (χ0n) is 16.3. The summed E-state index contributed by atoms with van der Waals surface area (Å²) in [7, 11) is -3.47. The molecule has 0 spiro atoms. The maximum absolute atomic E-state index is 12.7. The molecule has 6 nitrogen and oxygen atoms in total. The van der Waals surface area contributed by atoms with Crippen LogP contribution in [-0.4, -0.2) is 36.7 Å². The standard InChI is InChI=1S/C20H19Cl2N3O3S3/c21-15-3-4-17(22)14(10-15)11-16-12-23-20(30-16)24-19(26)13-5-7-25(8-6-13)31(27,28)18-2-1-9-29-18/h1-4,9-10,12-13H,5-8,11H2,(H,23,24,26). The second-order valence-corrected chi connectivity index (χ2v) is 12.2. The van der Waals surface area contributed by atoms with E-state index in [4.69, 9.17) is 23.2 Å². The molecule has 3 heterocycles. The number of rotatable bonds is 6. The van der Waals surface area contributed by atoms with E-state index in [0.29, 0.717) is 51.7 Å². The molecule has 1 aliphatic heterocycles. The third-order valence-electron chi connectivity index (χ3n) is 5.07. The van der Waals surface area contributed by atoms with Crippen molar-refractivity contribution in [1.82, 2.24) is 9.29 Å². The van der Waals surface area contributed by atoms with E-state index in [9.17, 15) is 13.2 Å². The number of benzene rings is 1. The van der Waals surface area contributed by atoms with Crippen molar-refractivity contribution in [3.8, 4) is 0 Å². The summed E-state index contributed by atoms with van der Waals surface area (Å²) in [4.78, 5) is 17.9. The Kier molecular flexibility index (Phi) is 7.00. The molecule has 11 heteroatoms. The number of thiazole rings is 1. The van der Waals surface area contributed by atoms with Crippen molar-refractivity contribution in [2.24, 2.45) is 5.92 Å². The zero-order valence-corrected chi connectivity index (χ0v) is 20.2. The molecule has 0 saturated carbocycles. The minimum absolute atomic E-state index is 0.130. The van der Waals surface area contributed by atoms with Crippen LogP contribution in [0, 0.1) is 5.92 Å². The van der Waals surface area contributed by atoms with Crippen LogP contribution in [-0.2, 0) is 21.2 Å². The molecule has 1 fully saturated rings. The number of hydrogen-bond acceptors (Lipinski definition) is 6. The minimum Gasteiger partial charge on any atom is -0.302 e. The van der Waals surface area contributed by atoms with E-state index in [1.807, 2.05) is 6.07 Å². The van der Waals surface area contributed by atoms with Crippen LogP contribution in [0.5, 0.6) is 0 Å². The Labute approximate surface area is 198 Å². The van der Waals surface area contributed by atoms with Gasteiger partial charge in [-0.15, -0.1) is 22.7 Å². The number of hydrogen-bond donors (Lipinski definition) is 1. The van der Waals surface area contributed by atoms with Gasteiger partial charge >= 0.3 is 0 Å². The van der Waals surface area contributed by atoms with Gasteiger partial charge in [0.05, 0.1) is 0 Å². The first kappa shape index (κ1) is 22.7. The minimum atomic E-state index is -3.47. The van der Waals surface area contributed by atoms with Gasteiger partial charge in [0.2, 0.25) is 5.91 Å². The predicted molar refractivity (Wildman–Crippen MR) is 126 cm³/mol. The quantitative estimate of drug-likeness (QED) is 0.492. The fraction of sp³-hybridized carbons (Fsp3) is 0.300. The Bertz CT molecular complexity index is 1170. The van der Waals surface area contributed by atoms with Gasteiger partial charge in [0.15, 0.2) is 5.13 Å². The lowest BCUT2D eigenvalue weighted by Crippen LogP contribution is -2.41. The van der Waals surface area contributed by atoms with Crippen LogP contribution in [0.3, 0.4) is 0 Å². The molecule has 1 aliphatic rings. The lowest BCUT2D eigenvalue weighted by molar-refractivity contribution is -0.120. The van der Waals surface area contributed by atoms with Gasteiger partial charge in [-0.05, 0) is 48.1 Å². The lowest BCUT2D eigenvalue weighted by Gasteiger charge is -2.29. The van der Waals surface area contributed by atoms with Crippen molar-refractivity contribution in [2.75, 3.05) is 18.4 Å². The van der Waals surface area contributed by atoms with Crippen molar-refractivity contribution >= 4 is 66.9 Å². The molecule has 2 aromatic heterocycles. The molecular formula is C20H19Cl2N3O3S3. The molecule has 1 saturated heterocycles. The largest absolute Gasteiger partial charge is 0.302 e. The zero-order chi connectivity index (χ0) is 22.0. The molecule has 31 heavy (non-hydrogen) atoms. The molecule has 1 N–H and O–H groups in total. The number of sulfonamides is 1. The van der Waals surface area contributed by atoms with E-state index in [2.05, 4.69) is 10.3 Å². The highest BCUT2D eigenvalue weighted by Gasteiger charge is 2.32. The first-order valence-electron chi connectivity index (χ1n) is 9.56. The monoisotopic (exact) mass is 515 g/mol. The van der Waals surface area contributed by atoms with E-state index < -0.39 is 10.0 Å². The highest BCUT2D eigenvalue weighted by molar-refractivity contribution is 7.91. The highest BCUT2D eigenvalue weighted by atomic mass is 35.5. The number of anilines is 1. The Morgan fingerprint density at radius 2 is 2.00 bits per heavy atom. The van der Waals surface area contributed by atoms with E-state index in [1.54, 1.807) is 35.8 Å². The van der Waals surface area contributed by atoms with E-state index in [0.717, 1.165) is 10.4 Å². The second kappa shape index (κ2) is 9.56. The average Bonchev–Trinajstić information content (AvgIpc) is 3.44. The average molecular weight is 516 g/mol. The number of nitrogens with zero attached hydrogens (tertiary/aromatic N) is 2. The molecule has 1 amide bonds. The summed E-state index contributed by atoms with van der Waals surface area (Å²) in [6.07, 6.45) is 3.25. The van der Waals surface area contributed by atoms with Crippen LogP contribution in [0.2, 0.25) is 10.0 Å². The number of carbonyl (C=O) groups excluding carboxylic acids is 1. The number of thiophene rings is 1. The van der Waals surface area contributed by atoms with Crippen LogP contribution >= 0.6 is 45.9 Å². The molecule has 0 unspecified atom stereocenters. The summed E-state index contributed by atoms with van der Waals surface area (Å²) in [5, 5.41) is 6.38.